The number of rotatable bonds is 8. The molecule has 4 aromatic rings. The molecule has 44 heavy (non-hydrogen) atoms. The highest BCUT2D eigenvalue weighted by Gasteiger charge is 2.40. The van der Waals surface area contributed by atoms with Crippen LogP contribution in [0.2, 0.25) is 0 Å². The van der Waals surface area contributed by atoms with Gasteiger partial charge in [-0.15, -0.1) is 12.4 Å². The lowest BCUT2D eigenvalue weighted by Gasteiger charge is -2.27. The Labute approximate surface area is 263 Å². The highest BCUT2D eigenvalue weighted by molar-refractivity contribution is 7.92. The third kappa shape index (κ3) is 6.19. The molecule has 230 valence electrons. The van der Waals surface area contributed by atoms with Gasteiger partial charge in [-0.3, -0.25) is 18.7 Å². The van der Waals surface area contributed by atoms with Crippen LogP contribution >= 0.6 is 12.4 Å². The summed E-state index contributed by atoms with van der Waals surface area (Å²) in [5.74, 6) is -1.05. The average molecular weight is 635 g/mol. The fraction of sp³-hybridized carbons (Fsp3) is 0.242. The first-order valence-corrected chi connectivity index (χ1v) is 15.5. The first-order chi connectivity index (χ1) is 20.5. The maximum atomic E-state index is 14.4. The number of para-hydroxylation sites is 2. The summed E-state index contributed by atoms with van der Waals surface area (Å²) < 4.78 is 29.6. The van der Waals surface area contributed by atoms with Crippen LogP contribution in [0.3, 0.4) is 0 Å². The van der Waals surface area contributed by atoms with Gasteiger partial charge in [0.15, 0.2) is 5.78 Å². The van der Waals surface area contributed by atoms with Gasteiger partial charge in [0.1, 0.15) is 6.04 Å². The van der Waals surface area contributed by atoms with Crippen LogP contribution in [-0.2, 0) is 26.2 Å². The molecule has 2 N–H and O–H groups in total. The first kappa shape index (κ1) is 32.7. The number of benzene rings is 4. The molecule has 2 atom stereocenters. The SMILES string of the molecule is CNC(C)C(=O)NC1CN(S(=O)(=O)c2ccc(C(C)=O)cc2)c2ccccc2N(Cc2c(C)ccc3ccccc23)C1=O.Cl. The lowest BCUT2D eigenvalue weighted by atomic mass is 9.99. The molecule has 0 saturated heterocycles. The second kappa shape index (κ2) is 13.2. The van der Waals surface area contributed by atoms with Crippen molar-refractivity contribution in [3.8, 4) is 0 Å². The molecule has 0 saturated carbocycles. The standard InChI is InChI=1S/C33H34N4O5S.ClH/c1-21-13-14-25-9-5-6-10-27(25)28(21)19-36-30-11-7-8-12-31(30)37(20-29(33(36)40)35-32(39)22(2)34-4)43(41,42)26-17-15-24(16-18-26)23(3)38;/h5-18,22,29,34H,19-20H2,1-4H3,(H,35,39);1H. The summed E-state index contributed by atoms with van der Waals surface area (Å²) in [6, 6.07) is 22.7. The van der Waals surface area contributed by atoms with Gasteiger partial charge in [0.2, 0.25) is 5.91 Å². The zero-order valence-electron chi connectivity index (χ0n) is 24.9. The Kier molecular flexibility index (Phi) is 9.78. The van der Waals surface area contributed by atoms with Crippen molar-refractivity contribution in [1.82, 2.24) is 10.6 Å². The number of carbonyl (C=O) groups excluding carboxylic acids is 3. The molecule has 11 heteroatoms. The van der Waals surface area contributed by atoms with Crippen LogP contribution in [0.15, 0.2) is 89.8 Å². The summed E-state index contributed by atoms with van der Waals surface area (Å²) in [6.45, 7) is 4.89. The van der Waals surface area contributed by atoms with E-state index in [2.05, 4.69) is 10.6 Å². The molecule has 0 bridgehead atoms. The molecule has 9 nitrogen and oxygen atoms in total. The fourth-order valence-electron chi connectivity index (χ4n) is 5.28. The lowest BCUT2D eigenvalue weighted by molar-refractivity contribution is -0.128. The molecule has 0 radical (unpaired) electrons. The quantitative estimate of drug-likeness (QED) is 0.274. The van der Waals surface area contributed by atoms with Crippen molar-refractivity contribution in [2.45, 2.75) is 44.3 Å². The van der Waals surface area contributed by atoms with Crippen molar-refractivity contribution in [2.24, 2.45) is 0 Å². The van der Waals surface area contributed by atoms with E-state index in [1.165, 1.54) is 35.5 Å². The van der Waals surface area contributed by atoms with Crippen LogP contribution in [0, 0.1) is 6.92 Å². The van der Waals surface area contributed by atoms with Crippen LogP contribution in [0.4, 0.5) is 11.4 Å². The molecule has 1 aliphatic rings. The summed E-state index contributed by atoms with van der Waals surface area (Å²) in [7, 11) is -2.59. The largest absolute Gasteiger partial charge is 0.341 e. The van der Waals surface area contributed by atoms with Crippen LogP contribution in [-0.4, -0.2) is 51.7 Å². The normalized spacial score (nSPS) is 15.6. The van der Waals surface area contributed by atoms with E-state index < -0.39 is 33.9 Å². The maximum Gasteiger partial charge on any atom is 0.264 e. The van der Waals surface area contributed by atoms with Gasteiger partial charge in [-0.05, 0) is 74.0 Å². The zero-order chi connectivity index (χ0) is 30.9. The molecule has 0 spiro atoms. The summed E-state index contributed by atoms with van der Waals surface area (Å²) in [6.07, 6.45) is 0. The monoisotopic (exact) mass is 634 g/mol. The molecule has 5 rings (SSSR count). The summed E-state index contributed by atoms with van der Waals surface area (Å²) in [5.41, 5.74) is 3.00. The lowest BCUT2D eigenvalue weighted by Crippen LogP contribution is -2.55. The Morgan fingerprint density at radius 2 is 1.57 bits per heavy atom. The number of carbonyl (C=O) groups is 3. The Hall–Kier alpha value is -4.25. The Morgan fingerprint density at radius 3 is 2.23 bits per heavy atom. The molecule has 0 aromatic heterocycles. The summed E-state index contributed by atoms with van der Waals surface area (Å²) in [4.78, 5) is 40.8. The van der Waals surface area contributed by atoms with Crippen molar-refractivity contribution in [1.29, 1.82) is 0 Å². The summed E-state index contributed by atoms with van der Waals surface area (Å²) in [5, 5.41) is 7.66. The van der Waals surface area contributed by atoms with E-state index in [1.807, 2.05) is 43.3 Å². The van der Waals surface area contributed by atoms with Crippen LogP contribution in [0.25, 0.3) is 10.8 Å². The van der Waals surface area contributed by atoms with E-state index >= 15 is 0 Å². The Bertz CT molecular complexity index is 1830. The predicted octanol–water partition coefficient (Wildman–Crippen LogP) is 4.61. The number of aryl methyl sites for hydroxylation is 1. The van der Waals surface area contributed by atoms with Gasteiger partial charge in [0.25, 0.3) is 15.9 Å². The molecule has 4 aromatic carbocycles. The van der Waals surface area contributed by atoms with Crippen molar-refractivity contribution in [2.75, 3.05) is 22.8 Å². The van der Waals surface area contributed by atoms with Gasteiger partial charge >= 0.3 is 0 Å². The van der Waals surface area contributed by atoms with Gasteiger partial charge in [0.05, 0.1) is 35.4 Å². The van der Waals surface area contributed by atoms with Crippen molar-refractivity contribution in [3.05, 3.63) is 102 Å². The number of Topliss-reactive ketones (excluding diaryl/α,β-unsaturated/α-hetero) is 1. The van der Waals surface area contributed by atoms with Crippen molar-refractivity contribution in [3.63, 3.8) is 0 Å². The third-order valence-corrected chi connectivity index (χ3v) is 9.73. The minimum absolute atomic E-state index is 0. The number of hydrogen-bond acceptors (Lipinski definition) is 6. The van der Waals surface area contributed by atoms with E-state index in [4.69, 9.17) is 0 Å². The number of amides is 2. The Balaban J connectivity index is 0.00000442. The molecule has 2 unspecified atom stereocenters. The van der Waals surface area contributed by atoms with E-state index in [0.717, 1.165) is 21.9 Å². The minimum atomic E-state index is -4.22. The highest BCUT2D eigenvalue weighted by atomic mass is 35.5. The van der Waals surface area contributed by atoms with Crippen molar-refractivity contribution >= 4 is 62.2 Å². The third-order valence-electron chi connectivity index (χ3n) is 7.94. The second-order valence-electron chi connectivity index (χ2n) is 10.7. The van der Waals surface area contributed by atoms with Crippen LogP contribution in [0.1, 0.15) is 35.3 Å². The number of fused-ring (bicyclic) bond motifs is 2. The number of halogens is 1. The van der Waals surface area contributed by atoms with E-state index in [-0.39, 0.29) is 36.2 Å². The van der Waals surface area contributed by atoms with Gasteiger partial charge in [-0.2, -0.15) is 0 Å². The van der Waals surface area contributed by atoms with E-state index in [0.29, 0.717) is 16.9 Å². The van der Waals surface area contributed by atoms with E-state index in [9.17, 15) is 22.8 Å². The number of sulfonamides is 1. The molecule has 2 amide bonds. The van der Waals surface area contributed by atoms with Crippen LogP contribution < -0.4 is 19.8 Å². The second-order valence-corrected chi connectivity index (χ2v) is 12.5. The average Bonchev–Trinajstić information content (AvgIpc) is 3.12. The van der Waals surface area contributed by atoms with E-state index in [1.54, 1.807) is 43.1 Å². The van der Waals surface area contributed by atoms with Gasteiger partial charge in [0, 0.05) is 5.56 Å². The first-order valence-electron chi connectivity index (χ1n) is 14.0. The van der Waals surface area contributed by atoms with Crippen LogP contribution in [0.5, 0.6) is 0 Å². The van der Waals surface area contributed by atoms with Gasteiger partial charge in [-0.1, -0.05) is 60.7 Å². The number of hydrogen-bond donors (Lipinski definition) is 2. The number of anilines is 2. The predicted molar refractivity (Wildman–Crippen MR) is 175 cm³/mol. The molecule has 1 heterocycles. The molecular weight excluding hydrogens is 600 g/mol. The van der Waals surface area contributed by atoms with Crippen molar-refractivity contribution < 1.29 is 22.8 Å². The number of likely N-dealkylation sites (N-methyl/N-ethyl adjacent to an activating group) is 1. The minimum Gasteiger partial charge on any atom is -0.341 e. The Morgan fingerprint density at radius 1 is 0.932 bits per heavy atom. The van der Waals surface area contributed by atoms with Gasteiger partial charge < -0.3 is 15.5 Å². The zero-order valence-corrected chi connectivity index (χ0v) is 26.5. The molecule has 0 fully saturated rings. The maximum absolute atomic E-state index is 14.4. The smallest absolute Gasteiger partial charge is 0.264 e. The molecule has 0 aliphatic carbocycles. The fourth-order valence-corrected chi connectivity index (χ4v) is 6.77. The summed E-state index contributed by atoms with van der Waals surface area (Å²) >= 11 is 0. The topological polar surface area (TPSA) is 116 Å². The molecular formula is C33H35ClN4O5S. The van der Waals surface area contributed by atoms with Gasteiger partial charge in [-0.25, -0.2) is 8.42 Å². The highest BCUT2D eigenvalue weighted by Crippen LogP contribution is 2.38. The molecule has 1 aliphatic heterocycles. The number of ketones is 1. The number of nitrogens with zero attached hydrogens (tertiary/aromatic N) is 2. The number of nitrogens with one attached hydrogen (secondary N) is 2.